The van der Waals surface area contributed by atoms with E-state index in [0.717, 1.165) is 5.69 Å². The van der Waals surface area contributed by atoms with Gasteiger partial charge in [0.25, 0.3) is 0 Å². The fourth-order valence-electron chi connectivity index (χ4n) is 1.20. The summed E-state index contributed by atoms with van der Waals surface area (Å²) in [6.45, 7) is 5.41. The zero-order valence-corrected chi connectivity index (χ0v) is 12.2. The number of nitrogens with zero attached hydrogens (tertiary/aromatic N) is 2. The van der Waals surface area contributed by atoms with Gasteiger partial charge in [-0.2, -0.15) is 4.98 Å². The summed E-state index contributed by atoms with van der Waals surface area (Å²) in [7, 11) is 0. The molecule has 0 aliphatic carbocycles. The van der Waals surface area contributed by atoms with Crippen LogP contribution in [0.15, 0.2) is 6.07 Å². The number of nitrogens with two attached hydrogens (primary N) is 1. The van der Waals surface area contributed by atoms with E-state index in [0.29, 0.717) is 18.3 Å². The zero-order valence-electron chi connectivity index (χ0n) is 10.5. The van der Waals surface area contributed by atoms with Gasteiger partial charge in [-0.3, -0.25) is 0 Å². The van der Waals surface area contributed by atoms with E-state index in [2.05, 4.69) is 9.97 Å². The highest BCUT2D eigenvalue weighted by Crippen LogP contribution is 2.39. The second-order valence-corrected chi connectivity index (χ2v) is 6.96. The van der Waals surface area contributed by atoms with E-state index >= 15 is 0 Å². The predicted molar refractivity (Wildman–Crippen MR) is 71.6 cm³/mol. The lowest BCUT2D eigenvalue weighted by atomic mass is 10.2. The standard InChI is InChI=1S/C10H18N3O2PS/c1-5-14-16(11,17)15-9-6-8(4)12-10(13-9)7(2)3/h6-7H,5H2,1-4H3,(H2,11,17). The van der Waals surface area contributed by atoms with Crippen molar-refractivity contribution in [2.45, 2.75) is 33.6 Å². The molecule has 1 unspecified atom stereocenters. The molecule has 1 aromatic heterocycles. The van der Waals surface area contributed by atoms with E-state index in [1.807, 2.05) is 27.7 Å². The largest absolute Gasteiger partial charge is 0.414 e. The van der Waals surface area contributed by atoms with Crippen molar-refractivity contribution in [3.63, 3.8) is 0 Å². The first kappa shape index (κ1) is 14.5. The minimum absolute atomic E-state index is 0.222. The average Bonchev–Trinajstić information content (AvgIpc) is 2.15. The summed E-state index contributed by atoms with van der Waals surface area (Å²) in [6.07, 6.45) is 0. The Bertz CT molecular complexity index is 440. The minimum Gasteiger partial charge on any atom is -0.414 e. The molecule has 7 heteroatoms. The summed E-state index contributed by atoms with van der Waals surface area (Å²) in [5.74, 6) is 1.33. The van der Waals surface area contributed by atoms with Gasteiger partial charge in [0.2, 0.25) is 5.88 Å². The summed E-state index contributed by atoms with van der Waals surface area (Å²) < 4.78 is 10.6. The van der Waals surface area contributed by atoms with Gasteiger partial charge < -0.3 is 9.05 Å². The molecule has 96 valence electrons. The Kier molecular flexibility index (Phi) is 5.01. The van der Waals surface area contributed by atoms with Crippen LogP contribution in [0.25, 0.3) is 0 Å². The molecular weight excluding hydrogens is 257 g/mol. The van der Waals surface area contributed by atoms with Gasteiger partial charge in [0.1, 0.15) is 5.82 Å². The Labute approximate surface area is 107 Å². The molecule has 5 nitrogen and oxygen atoms in total. The second kappa shape index (κ2) is 5.87. The van der Waals surface area contributed by atoms with E-state index < -0.39 is 6.64 Å². The van der Waals surface area contributed by atoms with Crippen LogP contribution in [0.2, 0.25) is 0 Å². The Morgan fingerprint density at radius 1 is 1.47 bits per heavy atom. The first-order valence-corrected chi connectivity index (χ1v) is 8.13. The molecule has 0 aliphatic heterocycles. The second-order valence-electron chi connectivity index (χ2n) is 3.91. The fourth-order valence-corrected chi connectivity index (χ4v) is 2.52. The molecule has 0 fully saturated rings. The third-order valence-electron chi connectivity index (χ3n) is 1.89. The van der Waals surface area contributed by atoms with Crippen LogP contribution in [0, 0.1) is 6.92 Å². The van der Waals surface area contributed by atoms with Crippen molar-refractivity contribution in [3.8, 4) is 5.88 Å². The molecule has 0 aliphatic rings. The lowest BCUT2D eigenvalue weighted by Crippen LogP contribution is -2.08. The number of aromatic nitrogens is 2. The van der Waals surface area contributed by atoms with Gasteiger partial charge in [-0.1, -0.05) is 13.8 Å². The fraction of sp³-hybridized carbons (Fsp3) is 0.600. The molecule has 0 bridgehead atoms. The monoisotopic (exact) mass is 275 g/mol. The van der Waals surface area contributed by atoms with Crippen molar-refractivity contribution in [2.24, 2.45) is 5.50 Å². The van der Waals surface area contributed by atoms with Crippen molar-refractivity contribution in [2.75, 3.05) is 6.61 Å². The first-order valence-electron chi connectivity index (χ1n) is 5.42. The maximum absolute atomic E-state index is 5.76. The number of hydrogen-bond donors (Lipinski definition) is 1. The summed E-state index contributed by atoms with van der Waals surface area (Å²) >= 11 is 5.06. The lowest BCUT2D eigenvalue weighted by molar-refractivity contribution is 0.328. The summed E-state index contributed by atoms with van der Waals surface area (Å²) in [5.41, 5.74) is 6.58. The highest BCUT2D eigenvalue weighted by atomic mass is 32.5. The van der Waals surface area contributed by atoms with E-state index in [4.69, 9.17) is 26.4 Å². The van der Waals surface area contributed by atoms with Gasteiger partial charge in [-0.05, 0) is 25.7 Å². The van der Waals surface area contributed by atoms with Crippen LogP contribution in [-0.2, 0) is 16.3 Å². The Hall–Kier alpha value is -0.550. The molecule has 1 rings (SSSR count). The minimum atomic E-state index is -2.74. The molecule has 0 spiro atoms. The van der Waals surface area contributed by atoms with Crippen LogP contribution in [0.3, 0.4) is 0 Å². The predicted octanol–water partition coefficient (Wildman–Crippen LogP) is 2.51. The number of rotatable bonds is 5. The number of aryl methyl sites for hydroxylation is 1. The average molecular weight is 275 g/mol. The van der Waals surface area contributed by atoms with Crippen molar-refractivity contribution in [1.29, 1.82) is 0 Å². The molecule has 17 heavy (non-hydrogen) atoms. The molecule has 1 atom stereocenters. The molecule has 2 N–H and O–H groups in total. The topological polar surface area (TPSA) is 70.3 Å². The maximum Gasteiger partial charge on any atom is 0.311 e. The maximum atomic E-state index is 5.76. The van der Waals surface area contributed by atoms with Gasteiger partial charge in [0.15, 0.2) is 0 Å². The molecular formula is C10H18N3O2PS. The Balaban J connectivity index is 2.95. The molecule has 0 amide bonds. The Morgan fingerprint density at radius 3 is 2.65 bits per heavy atom. The molecule has 1 heterocycles. The summed E-state index contributed by atoms with van der Waals surface area (Å²) in [6, 6.07) is 1.71. The SMILES string of the molecule is CCOP(N)(=S)Oc1cc(C)nc(C(C)C)n1. The molecule has 0 radical (unpaired) electrons. The number of hydrogen-bond acceptors (Lipinski definition) is 5. The van der Waals surface area contributed by atoms with Crippen LogP contribution in [0.1, 0.15) is 38.2 Å². The zero-order chi connectivity index (χ0) is 13.1. The summed E-state index contributed by atoms with van der Waals surface area (Å²) in [4.78, 5) is 8.58. The van der Waals surface area contributed by atoms with Gasteiger partial charge in [-0.15, -0.1) is 0 Å². The third kappa shape index (κ3) is 4.68. The van der Waals surface area contributed by atoms with Crippen molar-refractivity contribution in [1.82, 2.24) is 9.97 Å². The van der Waals surface area contributed by atoms with Gasteiger partial charge in [-0.25, -0.2) is 10.5 Å². The van der Waals surface area contributed by atoms with E-state index in [9.17, 15) is 0 Å². The smallest absolute Gasteiger partial charge is 0.311 e. The van der Waals surface area contributed by atoms with E-state index in [-0.39, 0.29) is 5.92 Å². The van der Waals surface area contributed by atoms with Crippen LogP contribution < -0.4 is 10.0 Å². The third-order valence-corrected chi connectivity index (χ3v) is 3.49. The normalized spacial score (nSPS) is 14.7. The Morgan fingerprint density at radius 2 is 2.12 bits per heavy atom. The summed E-state index contributed by atoms with van der Waals surface area (Å²) in [5, 5.41) is 0. The van der Waals surface area contributed by atoms with Crippen molar-refractivity contribution >= 4 is 18.4 Å². The van der Waals surface area contributed by atoms with Crippen LogP contribution in [-0.4, -0.2) is 16.6 Å². The molecule has 0 saturated heterocycles. The van der Waals surface area contributed by atoms with Crippen LogP contribution in [0.5, 0.6) is 5.88 Å². The van der Waals surface area contributed by atoms with Gasteiger partial charge in [0.05, 0.1) is 6.61 Å². The van der Waals surface area contributed by atoms with Crippen molar-refractivity contribution < 1.29 is 9.05 Å². The highest BCUT2D eigenvalue weighted by Gasteiger charge is 2.16. The van der Waals surface area contributed by atoms with Crippen molar-refractivity contribution in [3.05, 3.63) is 17.6 Å². The molecule has 0 aromatic carbocycles. The molecule has 1 aromatic rings. The van der Waals surface area contributed by atoms with Gasteiger partial charge in [0, 0.05) is 17.7 Å². The van der Waals surface area contributed by atoms with Crippen LogP contribution in [0.4, 0.5) is 0 Å². The quantitative estimate of drug-likeness (QED) is 0.833. The highest BCUT2D eigenvalue weighted by molar-refractivity contribution is 8.08. The van der Waals surface area contributed by atoms with Gasteiger partial charge >= 0.3 is 6.64 Å². The lowest BCUT2D eigenvalue weighted by Gasteiger charge is -2.17. The molecule has 0 saturated carbocycles. The van der Waals surface area contributed by atoms with Crippen LogP contribution >= 0.6 is 6.64 Å². The van der Waals surface area contributed by atoms with E-state index in [1.165, 1.54) is 0 Å². The van der Waals surface area contributed by atoms with E-state index in [1.54, 1.807) is 6.07 Å². The first-order chi connectivity index (χ1) is 7.84.